The Kier molecular flexibility index (Phi) is 6.39. The highest BCUT2D eigenvalue weighted by atomic mass is 32.2. The second kappa shape index (κ2) is 8.50. The third-order valence-corrected chi connectivity index (χ3v) is 6.11. The van der Waals surface area contributed by atoms with Gasteiger partial charge in [-0.1, -0.05) is 6.07 Å². The molecule has 0 aliphatic carbocycles. The van der Waals surface area contributed by atoms with Gasteiger partial charge in [0.25, 0.3) is 5.91 Å². The molecule has 1 aromatic heterocycles. The van der Waals surface area contributed by atoms with Gasteiger partial charge in [0, 0.05) is 31.5 Å². The zero-order chi connectivity index (χ0) is 24.8. The molecule has 1 unspecified atom stereocenters. The van der Waals surface area contributed by atoms with E-state index in [1.807, 2.05) is 0 Å². The number of halogens is 6. The van der Waals surface area contributed by atoms with E-state index in [0.717, 1.165) is 37.4 Å². The summed E-state index contributed by atoms with van der Waals surface area (Å²) in [7, 11) is -3.80. The van der Waals surface area contributed by atoms with E-state index in [1.165, 1.54) is 11.0 Å². The molecule has 33 heavy (non-hydrogen) atoms. The number of alkyl halides is 6. The van der Waals surface area contributed by atoms with Gasteiger partial charge < -0.3 is 9.64 Å². The van der Waals surface area contributed by atoms with Crippen molar-refractivity contribution < 1.29 is 44.3 Å². The zero-order valence-corrected chi connectivity index (χ0v) is 18.1. The Balaban J connectivity index is 1.95. The molecule has 0 radical (unpaired) electrons. The predicted octanol–water partition coefficient (Wildman–Crippen LogP) is 4.03. The number of sulfone groups is 1. The van der Waals surface area contributed by atoms with Crippen LogP contribution in [0.2, 0.25) is 0 Å². The number of carbonyl (C=O) groups is 1. The van der Waals surface area contributed by atoms with Crippen molar-refractivity contribution in [2.45, 2.75) is 43.2 Å². The largest absolute Gasteiger partial charge is 0.480 e. The van der Waals surface area contributed by atoms with Gasteiger partial charge in [0.1, 0.15) is 11.4 Å². The topological polar surface area (TPSA) is 76.6 Å². The van der Waals surface area contributed by atoms with Crippen molar-refractivity contribution in [2.24, 2.45) is 0 Å². The standard InChI is InChI=1S/C20H18F6N2O4S/c1-11(19(21,22)23)32-16-5-4-13(33(2,30)31)9-14(16)18(29)28-8-7-15-12(10-28)3-6-17(27-15)20(24,25)26/h3-6,9,11H,7-8,10H2,1-2H3. The molecule has 1 aliphatic heterocycles. The van der Waals surface area contributed by atoms with Gasteiger partial charge in [0.05, 0.1) is 10.5 Å². The predicted molar refractivity (Wildman–Crippen MR) is 103 cm³/mol. The van der Waals surface area contributed by atoms with Crippen LogP contribution in [0.15, 0.2) is 35.2 Å². The molecule has 1 aliphatic rings. The summed E-state index contributed by atoms with van der Waals surface area (Å²) in [5.74, 6) is -1.29. The van der Waals surface area contributed by atoms with E-state index < -0.39 is 51.2 Å². The average Bonchev–Trinajstić information content (AvgIpc) is 2.70. The fourth-order valence-electron chi connectivity index (χ4n) is 3.18. The summed E-state index contributed by atoms with van der Waals surface area (Å²) in [5, 5.41) is 0. The first kappa shape index (κ1) is 24.8. The lowest BCUT2D eigenvalue weighted by molar-refractivity contribution is -0.189. The number of carbonyl (C=O) groups excluding carboxylic acids is 1. The van der Waals surface area contributed by atoms with Crippen molar-refractivity contribution in [3.8, 4) is 5.75 Å². The van der Waals surface area contributed by atoms with Gasteiger partial charge in [-0.25, -0.2) is 13.4 Å². The lowest BCUT2D eigenvalue weighted by Crippen LogP contribution is -2.37. The second-order valence-corrected chi connectivity index (χ2v) is 9.52. The highest BCUT2D eigenvalue weighted by Gasteiger charge is 2.39. The minimum Gasteiger partial charge on any atom is -0.480 e. The maximum Gasteiger partial charge on any atom is 0.433 e. The van der Waals surface area contributed by atoms with Crippen LogP contribution >= 0.6 is 0 Å². The lowest BCUT2D eigenvalue weighted by atomic mass is 10.0. The Morgan fingerprint density at radius 3 is 2.36 bits per heavy atom. The molecule has 0 saturated heterocycles. The van der Waals surface area contributed by atoms with E-state index in [-0.39, 0.29) is 30.1 Å². The number of fused-ring (bicyclic) bond motifs is 1. The quantitative estimate of drug-likeness (QED) is 0.598. The average molecular weight is 496 g/mol. The van der Waals surface area contributed by atoms with Gasteiger partial charge in [-0.2, -0.15) is 26.3 Å². The van der Waals surface area contributed by atoms with Gasteiger partial charge in [0.15, 0.2) is 15.9 Å². The number of aromatic nitrogens is 1. The maximum absolute atomic E-state index is 13.1. The molecule has 3 rings (SSSR count). The molecule has 1 amide bonds. The lowest BCUT2D eigenvalue weighted by Gasteiger charge is -2.29. The van der Waals surface area contributed by atoms with Crippen LogP contribution in [0.25, 0.3) is 0 Å². The molecule has 6 nitrogen and oxygen atoms in total. The fourth-order valence-corrected chi connectivity index (χ4v) is 3.83. The number of pyridine rings is 1. The summed E-state index contributed by atoms with van der Waals surface area (Å²) in [6.45, 7) is 0.508. The highest BCUT2D eigenvalue weighted by Crippen LogP contribution is 2.32. The van der Waals surface area contributed by atoms with Crippen molar-refractivity contribution in [3.63, 3.8) is 0 Å². The van der Waals surface area contributed by atoms with Crippen LogP contribution < -0.4 is 4.74 Å². The van der Waals surface area contributed by atoms with E-state index in [0.29, 0.717) is 5.56 Å². The number of hydrogen-bond donors (Lipinski definition) is 0. The van der Waals surface area contributed by atoms with Gasteiger partial charge >= 0.3 is 12.4 Å². The Hall–Kier alpha value is -2.83. The summed E-state index contributed by atoms with van der Waals surface area (Å²) in [6.07, 6.45) is -10.8. The molecule has 2 heterocycles. The Morgan fingerprint density at radius 1 is 1.12 bits per heavy atom. The third kappa shape index (κ3) is 5.57. The summed E-state index contributed by atoms with van der Waals surface area (Å²) in [5.41, 5.74) is -0.982. The van der Waals surface area contributed by atoms with Crippen molar-refractivity contribution in [1.82, 2.24) is 9.88 Å². The summed E-state index contributed by atoms with van der Waals surface area (Å²) >= 11 is 0. The first-order chi connectivity index (χ1) is 15.1. The smallest absolute Gasteiger partial charge is 0.433 e. The van der Waals surface area contributed by atoms with Gasteiger partial charge in [-0.15, -0.1) is 0 Å². The van der Waals surface area contributed by atoms with Crippen LogP contribution in [0.3, 0.4) is 0 Å². The number of amides is 1. The molecular formula is C20H18F6N2O4S. The van der Waals surface area contributed by atoms with Crippen LogP contribution in [0.4, 0.5) is 26.3 Å². The summed E-state index contributed by atoms with van der Waals surface area (Å²) in [6, 6.07) is 4.88. The molecule has 0 N–H and O–H groups in total. The van der Waals surface area contributed by atoms with Crippen molar-refractivity contribution in [1.29, 1.82) is 0 Å². The molecule has 2 aromatic rings. The summed E-state index contributed by atoms with van der Waals surface area (Å²) < 4.78 is 106. The van der Waals surface area contributed by atoms with E-state index in [1.54, 1.807) is 0 Å². The molecule has 0 bridgehead atoms. The normalized spacial score (nSPS) is 15.7. The van der Waals surface area contributed by atoms with Crippen LogP contribution in [0.1, 0.15) is 34.2 Å². The summed E-state index contributed by atoms with van der Waals surface area (Å²) in [4.78, 5) is 17.6. The number of hydrogen-bond acceptors (Lipinski definition) is 5. The molecule has 1 aromatic carbocycles. The van der Waals surface area contributed by atoms with Crippen LogP contribution in [0, 0.1) is 0 Å². The number of ether oxygens (including phenoxy) is 1. The molecule has 0 saturated carbocycles. The van der Waals surface area contributed by atoms with Crippen LogP contribution in [-0.4, -0.2) is 49.3 Å². The monoisotopic (exact) mass is 496 g/mol. The van der Waals surface area contributed by atoms with E-state index in [2.05, 4.69) is 4.98 Å². The SMILES string of the molecule is CC(Oc1ccc(S(C)(=O)=O)cc1C(=O)N1CCc2nc(C(F)(F)F)ccc2C1)C(F)(F)F. The van der Waals surface area contributed by atoms with E-state index in [4.69, 9.17) is 4.74 Å². The van der Waals surface area contributed by atoms with Crippen LogP contribution in [0.5, 0.6) is 5.75 Å². The Bertz CT molecular complexity index is 1180. The van der Waals surface area contributed by atoms with Crippen molar-refractivity contribution in [3.05, 3.63) is 52.8 Å². The van der Waals surface area contributed by atoms with Gasteiger partial charge in [-0.3, -0.25) is 4.79 Å². The van der Waals surface area contributed by atoms with Crippen LogP contribution in [-0.2, 0) is 29.0 Å². The maximum atomic E-state index is 13.1. The Labute approximate surface area is 185 Å². The second-order valence-electron chi connectivity index (χ2n) is 7.51. The van der Waals surface area contributed by atoms with E-state index in [9.17, 15) is 39.6 Å². The van der Waals surface area contributed by atoms with Crippen molar-refractivity contribution >= 4 is 15.7 Å². The first-order valence-electron chi connectivity index (χ1n) is 9.50. The molecule has 180 valence electrons. The minimum absolute atomic E-state index is 0.0219. The minimum atomic E-state index is -4.73. The third-order valence-electron chi connectivity index (χ3n) is 5.00. The molecule has 13 heteroatoms. The number of rotatable bonds is 4. The first-order valence-corrected chi connectivity index (χ1v) is 11.4. The highest BCUT2D eigenvalue weighted by molar-refractivity contribution is 7.90. The van der Waals surface area contributed by atoms with Gasteiger partial charge in [-0.05, 0) is 36.8 Å². The van der Waals surface area contributed by atoms with Gasteiger partial charge in [0.2, 0.25) is 0 Å². The van der Waals surface area contributed by atoms with Crippen molar-refractivity contribution in [2.75, 3.05) is 12.8 Å². The number of benzene rings is 1. The Morgan fingerprint density at radius 2 is 1.79 bits per heavy atom. The molecule has 1 atom stereocenters. The fraction of sp³-hybridized carbons (Fsp3) is 0.400. The zero-order valence-electron chi connectivity index (χ0n) is 17.3. The molecule has 0 fully saturated rings. The molecule has 0 spiro atoms. The van der Waals surface area contributed by atoms with E-state index >= 15 is 0 Å². The number of nitrogens with zero attached hydrogens (tertiary/aromatic N) is 2. The molecular weight excluding hydrogens is 478 g/mol.